The van der Waals surface area contributed by atoms with Gasteiger partial charge in [-0.1, -0.05) is 26.7 Å². The highest BCUT2D eigenvalue weighted by Crippen LogP contribution is 2.32. The van der Waals surface area contributed by atoms with Crippen LogP contribution in [0.15, 0.2) is 0 Å². The topological polar surface area (TPSA) is 15.3 Å². The predicted octanol–water partition coefficient (Wildman–Crippen LogP) is 2.39. The molecule has 0 aromatic rings. The molecule has 2 nitrogen and oxygen atoms in total. The van der Waals surface area contributed by atoms with Gasteiger partial charge in [0.2, 0.25) is 0 Å². The van der Waals surface area contributed by atoms with Crippen LogP contribution >= 0.6 is 0 Å². The fourth-order valence-electron chi connectivity index (χ4n) is 3.49. The van der Waals surface area contributed by atoms with Crippen molar-refractivity contribution in [2.45, 2.75) is 64.0 Å². The maximum absolute atomic E-state index is 3.79. The smallest absolute Gasteiger partial charge is 0.0309 e. The predicted molar refractivity (Wildman–Crippen MR) is 65.1 cm³/mol. The van der Waals surface area contributed by atoms with Gasteiger partial charge in [-0.3, -0.25) is 4.90 Å². The number of hydrogen-bond acceptors (Lipinski definition) is 2. The average molecular weight is 210 g/mol. The number of nitrogens with zero attached hydrogens (tertiary/aromatic N) is 1. The normalized spacial score (nSPS) is 26.6. The van der Waals surface area contributed by atoms with E-state index in [-0.39, 0.29) is 0 Å². The first-order chi connectivity index (χ1) is 7.29. The Labute approximate surface area is 94.4 Å². The van der Waals surface area contributed by atoms with Crippen molar-refractivity contribution < 1.29 is 0 Å². The van der Waals surface area contributed by atoms with Crippen LogP contribution < -0.4 is 5.32 Å². The van der Waals surface area contributed by atoms with E-state index in [4.69, 9.17) is 0 Å². The first-order valence-electron chi connectivity index (χ1n) is 6.79. The monoisotopic (exact) mass is 210 g/mol. The van der Waals surface area contributed by atoms with Gasteiger partial charge >= 0.3 is 0 Å². The summed E-state index contributed by atoms with van der Waals surface area (Å²) in [6, 6.07) is 0.824. The Kier molecular flexibility index (Phi) is 3.68. The molecule has 1 aliphatic heterocycles. The highest BCUT2D eigenvalue weighted by molar-refractivity contribution is 4.99. The Bertz CT molecular complexity index is 193. The summed E-state index contributed by atoms with van der Waals surface area (Å²) in [6.45, 7) is 8.43. The number of rotatable bonds is 3. The molecular weight excluding hydrogens is 184 g/mol. The van der Waals surface area contributed by atoms with Gasteiger partial charge in [-0.15, -0.1) is 0 Å². The van der Waals surface area contributed by atoms with E-state index in [1.54, 1.807) is 0 Å². The second-order valence-corrected chi connectivity index (χ2v) is 5.36. The first-order valence-corrected chi connectivity index (χ1v) is 6.79. The molecule has 2 fully saturated rings. The quantitative estimate of drug-likeness (QED) is 0.769. The van der Waals surface area contributed by atoms with Gasteiger partial charge in [0.1, 0.15) is 0 Å². The van der Waals surface area contributed by atoms with Crippen molar-refractivity contribution in [1.82, 2.24) is 10.2 Å². The summed E-state index contributed by atoms with van der Waals surface area (Å²) in [5.41, 5.74) is 0.501. The summed E-state index contributed by atoms with van der Waals surface area (Å²) in [5.74, 6) is 0. The molecule has 1 heterocycles. The van der Waals surface area contributed by atoms with Crippen molar-refractivity contribution in [1.29, 1.82) is 0 Å². The molecule has 2 aliphatic rings. The van der Waals surface area contributed by atoms with Crippen LogP contribution in [0.25, 0.3) is 0 Å². The fraction of sp³-hybridized carbons (Fsp3) is 1.00. The fourth-order valence-corrected chi connectivity index (χ4v) is 3.49. The molecule has 2 rings (SSSR count). The van der Waals surface area contributed by atoms with Crippen molar-refractivity contribution in [3.05, 3.63) is 0 Å². The number of piperazine rings is 1. The molecule has 0 atom stereocenters. The third-order valence-electron chi connectivity index (χ3n) is 4.42. The van der Waals surface area contributed by atoms with E-state index in [1.165, 1.54) is 58.2 Å². The Balaban J connectivity index is 1.96. The zero-order valence-electron chi connectivity index (χ0n) is 10.4. The molecule has 1 saturated carbocycles. The van der Waals surface area contributed by atoms with Gasteiger partial charge in [0.25, 0.3) is 0 Å². The van der Waals surface area contributed by atoms with Crippen LogP contribution in [0.1, 0.15) is 52.4 Å². The van der Waals surface area contributed by atoms with Crippen molar-refractivity contribution in [2.75, 3.05) is 19.6 Å². The molecule has 1 saturated heterocycles. The second-order valence-electron chi connectivity index (χ2n) is 5.36. The molecule has 0 unspecified atom stereocenters. The molecule has 0 amide bonds. The lowest BCUT2D eigenvalue weighted by Gasteiger charge is -2.44. The van der Waals surface area contributed by atoms with Gasteiger partial charge < -0.3 is 5.32 Å². The molecular formula is C13H26N2. The Morgan fingerprint density at radius 2 is 1.87 bits per heavy atom. The highest BCUT2D eigenvalue weighted by atomic mass is 15.2. The lowest BCUT2D eigenvalue weighted by atomic mass is 9.93. The van der Waals surface area contributed by atoms with E-state index in [0.717, 1.165) is 6.04 Å². The lowest BCUT2D eigenvalue weighted by molar-refractivity contribution is 0.0896. The summed E-state index contributed by atoms with van der Waals surface area (Å²) in [7, 11) is 0. The highest BCUT2D eigenvalue weighted by Gasteiger charge is 2.38. The molecule has 0 radical (unpaired) electrons. The van der Waals surface area contributed by atoms with E-state index >= 15 is 0 Å². The van der Waals surface area contributed by atoms with Crippen LogP contribution in [-0.2, 0) is 0 Å². The van der Waals surface area contributed by atoms with Gasteiger partial charge in [0.05, 0.1) is 0 Å². The molecule has 1 spiro atoms. The minimum Gasteiger partial charge on any atom is -0.309 e. The second kappa shape index (κ2) is 4.84. The summed E-state index contributed by atoms with van der Waals surface area (Å²) in [6.07, 6.45) is 8.31. The maximum Gasteiger partial charge on any atom is 0.0309 e. The van der Waals surface area contributed by atoms with Crippen molar-refractivity contribution in [3.63, 3.8) is 0 Å². The van der Waals surface area contributed by atoms with Gasteiger partial charge in [-0.2, -0.15) is 0 Å². The molecule has 1 N–H and O–H groups in total. The van der Waals surface area contributed by atoms with Gasteiger partial charge in [0.15, 0.2) is 0 Å². The average Bonchev–Trinajstić information content (AvgIpc) is 2.68. The molecule has 88 valence electrons. The summed E-state index contributed by atoms with van der Waals surface area (Å²) in [4.78, 5) is 2.74. The Morgan fingerprint density at radius 1 is 1.20 bits per heavy atom. The van der Waals surface area contributed by atoms with Crippen molar-refractivity contribution in [3.8, 4) is 0 Å². The number of nitrogens with one attached hydrogen (secondary N) is 1. The molecule has 0 bridgehead atoms. The molecule has 0 aromatic heterocycles. The third kappa shape index (κ3) is 2.36. The standard InChI is InChI=1S/C13H26N2/c1-3-12(4-2)15-10-9-14-13(11-15)7-5-6-8-13/h12,14H,3-11H2,1-2H3. The van der Waals surface area contributed by atoms with Crippen LogP contribution in [0.3, 0.4) is 0 Å². The van der Waals surface area contributed by atoms with Crippen LogP contribution in [0.2, 0.25) is 0 Å². The minimum absolute atomic E-state index is 0.501. The first kappa shape index (κ1) is 11.4. The largest absolute Gasteiger partial charge is 0.309 e. The Morgan fingerprint density at radius 3 is 2.47 bits per heavy atom. The van der Waals surface area contributed by atoms with Crippen LogP contribution in [-0.4, -0.2) is 36.1 Å². The van der Waals surface area contributed by atoms with Crippen LogP contribution in [0.4, 0.5) is 0 Å². The van der Waals surface area contributed by atoms with Crippen LogP contribution in [0, 0.1) is 0 Å². The van der Waals surface area contributed by atoms with Gasteiger partial charge in [-0.05, 0) is 25.7 Å². The summed E-state index contributed by atoms with van der Waals surface area (Å²) >= 11 is 0. The van der Waals surface area contributed by atoms with Crippen molar-refractivity contribution in [2.24, 2.45) is 0 Å². The van der Waals surface area contributed by atoms with E-state index in [0.29, 0.717) is 5.54 Å². The zero-order chi connectivity index (χ0) is 10.7. The SMILES string of the molecule is CCC(CC)N1CCNC2(CCCC2)C1. The maximum atomic E-state index is 3.79. The van der Waals surface area contributed by atoms with Crippen LogP contribution in [0.5, 0.6) is 0 Å². The van der Waals surface area contributed by atoms with E-state index in [1.807, 2.05) is 0 Å². The van der Waals surface area contributed by atoms with Crippen molar-refractivity contribution >= 4 is 0 Å². The molecule has 2 heteroatoms. The van der Waals surface area contributed by atoms with E-state index in [2.05, 4.69) is 24.1 Å². The minimum atomic E-state index is 0.501. The molecule has 0 aromatic carbocycles. The number of hydrogen-bond donors (Lipinski definition) is 1. The molecule has 1 aliphatic carbocycles. The van der Waals surface area contributed by atoms with E-state index < -0.39 is 0 Å². The van der Waals surface area contributed by atoms with Gasteiger partial charge in [0, 0.05) is 31.2 Å². The van der Waals surface area contributed by atoms with Gasteiger partial charge in [-0.25, -0.2) is 0 Å². The third-order valence-corrected chi connectivity index (χ3v) is 4.42. The molecule has 15 heavy (non-hydrogen) atoms. The lowest BCUT2D eigenvalue weighted by Crippen LogP contribution is -2.60. The summed E-state index contributed by atoms with van der Waals surface area (Å²) in [5, 5.41) is 3.79. The summed E-state index contributed by atoms with van der Waals surface area (Å²) < 4.78 is 0. The zero-order valence-corrected chi connectivity index (χ0v) is 10.4. The van der Waals surface area contributed by atoms with E-state index in [9.17, 15) is 0 Å². The Hall–Kier alpha value is -0.0800.